The second-order valence-corrected chi connectivity index (χ2v) is 6.40. The molecule has 2 fully saturated rings. The van der Waals surface area contributed by atoms with Crippen LogP contribution in [0, 0.1) is 11.3 Å². The second-order valence-electron chi connectivity index (χ2n) is 6.40. The SMILES string of the molecule is C=CC1CCN(C(=O)CC2(CN)CCCCC2)CC1. The zero-order valence-corrected chi connectivity index (χ0v) is 12.1. The third kappa shape index (κ3) is 3.59. The summed E-state index contributed by atoms with van der Waals surface area (Å²) in [4.78, 5) is 14.5. The van der Waals surface area contributed by atoms with E-state index < -0.39 is 0 Å². The van der Waals surface area contributed by atoms with Crippen LogP contribution < -0.4 is 5.73 Å². The maximum absolute atomic E-state index is 12.5. The van der Waals surface area contributed by atoms with Gasteiger partial charge >= 0.3 is 0 Å². The molecular weight excluding hydrogens is 236 g/mol. The summed E-state index contributed by atoms with van der Waals surface area (Å²) < 4.78 is 0. The molecule has 3 nitrogen and oxygen atoms in total. The van der Waals surface area contributed by atoms with Gasteiger partial charge in [0.05, 0.1) is 0 Å². The van der Waals surface area contributed by atoms with E-state index >= 15 is 0 Å². The number of likely N-dealkylation sites (tertiary alicyclic amines) is 1. The van der Waals surface area contributed by atoms with Crippen molar-refractivity contribution in [2.75, 3.05) is 19.6 Å². The van der Waals surface area contributed by atoms with Crippen molar-refractivity contribution in [2.45, 2.75) is 51.4 Å². The molecule has 2 aliphatic rings. The van der Waals surface area contributed by atoms with Gasteiger partial charge in [0.25, 0.3) is 0 Å². The molecule has 1 aliphatic carbocycles. The molecule has 1 amide bonds. The van der Waals surface area contributed by atoms with Crippen molar-refractivity contribution < 1.29 is 4.79 Å². The van der Waals surface area contributed by atoms with E-state index in [9.17, 15) is 4.79 Å². The first-order valence-corrected chi connectivity index (χ1v) is 7.79. The smallest absolute Gasteiger partial charge is 0.223 e. The molecule has 0 unspecified atom stereocenters. The summed E-state index contributed by atoms with van der Waals surface area (Å²) in [6.45, 7) is 6.32. The molecule has 0 aromatic carbocycles. The van der Waals surface area contributed by atoms with Crippen molar-refractivity contribution in [3.63, 3.8) is 0 Å². The molecule has 19 heavy (non-hydrogen) atoms. The highest BCUT2D eigenvalue weighted by molar-refractivity contribution is 5.77. The molecule has 0 aromatic rings. The van der Waals surface area contributed by atoms with Crippen LogP contribution in [0.25, 0.3) is 0 Å². The molecule has 0 spiro atoms. The fourth-order valence-electron chi connectivity index (χ4n) is 3.57. The lowest BCUT2D eigenvalue weighted by molar-refractivity contribution is -0.135. The molecule has 0 bridgehead atoms. The third-order valence-corrected chi connectivity index (χ3v) is 5.10. The Bertz CT molecular complexity index is 313. The van der Waals surface area contributed by atoms with Gasteiger partial charge < -0.3 is 10.6 Å². The molecule has 1 heterocycles. The molecule has 0 atom stereocenters. The van der Waals surface area contributed by atoms with Gasteiger partial charge in [-0.15, -0.1) is 6.58 Å². The second kappa shape index (κ2) is 6.56. The number of nitrogens with two attached hydrogens (primary N) is 1. The molecule has 108 valence electrons. The minimum atomic E-state index is 0.102. The van der Waals surface area contributed by atoms with Crippen LogP contribution in [0.5, 0.6) is 0 Å². The average molecular weight is 264 g/mol. The summed E-state index contributed by atoms with van der Waals surface area (Å²) in [5.74, 6) is 0.928. The van der Waals surface area contributed by atoms with E-state index in [1.807, 2.05) is 11.0 Å². The molecular formula is C16H28N2O. The number of hydrogen-bond acceptors (Lipinski definition) is 2. The predicted octanol–water partition coefficient (Wildman–Crippen LogP) is 2.71. The van der Waals surface area contributed by atoms with E-state index in [0.29, 0.717) is 24.8 Å². The molecule has 1 saturated carbocycles. The van der Waals surface area contributed by atoms with Crippen LogP contribution in [0.2, 0.25) is 0 Å². The molecule has 3 heteroatoms. The van der Waals surface area contributed by atoms with Gasteiger partial charge in [-0.1, -0.05) is 25.3 Å². The largest absolute Gasteiger partial charge is 0.343 e. The molecule has 0 radical (unpaired) electrons. The number of rotatable bonds is 4. The van der Waals surface area contributed by atoms with Crippen molar-refractivity contribution in [1.82, 2.24) is 4.90 Å². The van der Waals surface area contributed by atoms with E-state index in [-0.39, 0.29) is 5.41 Å². The maximum Gasteiger partial charge on any atom is 0.223 e. The average Bonchev–Trinajstić information content (AvgIpc) is 2.48. The lowest BCUT2D eigenvalue weighted by Crippen LogP contribution is -2.43. The number of allylic oxidation sites excluding steroid dienone is 1. The van der Waals surface area contributed by atoms with Crippen LogP contribution in [0.15, 0.2) is 12.7 Å². The van der Waals surface area contributed by atoms with E-state index in [1.165, 1.54) is 19.3 Å². The Morgan fingerprint density at radius 2 is 1.89 bits per heavy atom. The van der Waals surface area contributed by atoms with Crippen LogP contribution in [-0.4, -0.2) is 30.4 Å². The van der Waals surface area contributed by atoms with Crippen molar-refractivity contribution in [2.24, 2.45) is 17.1 Å². The normalized spacial score (nSPS) is 24.2. The highest BCUT2D eigenvalue weighted by Crippen LogP contribution is 2.39. The van der Waals surface area contributed by atoms with Gasteiger partial charge in [-0.05, 0) is 43.6 Å². The van der Waals surface area contributed by atoms with Gasteiger partial charge in [0.15, 0.2) is 0 Å². The van der Waals surface area contributed by atoms with Crippen LogP contribution in [-0.2, 0) is 4.79 Å². The number of hydrogen-bond donors (Lipinski definition) is 1. The van der Waals surface area contributed by atoms with Gasteiger partial charge in [0.1, 0.15) is 0 Å². The van der Waals surface area contributed by atoms with Crippen molar-refractivity contribution in [3.8, 4) is 0 Å². The summed E-state index contributed by atoms with van der Waals surface area (Å²) in [6, 6.07) is 0. The zero-order chi connectivity index (χ0) is 13.7. The molecule has 1 saturated heterocycles. The van der Waals surface area contributed by atoms with Crippen LogP contribution in [0.4, 0.5) is 0 Å². The van der Waals surface area contributed by atoms with Gasteiger partial charge in [-0.2, -0.15) is 0 Å². The quantitative estimate of drug-likeness (QED) is 0.794. The van der Waals surface area contributed by atoms with Crippen molar-refractivity contribution in [3.05, 3.63) is 12.7 Å². The first-order valence-electron chi connectivity index (χ1n) is 7.79. The van der Waals surface area contributed by atoms with Gasteiger partial charge in [-0.25, -0.2) is 0 Å². The molecule has 2 N–H and O–H groups in total. The molecule has 0 aromatic heterocycles. The number of nitrogens with zero attached hydrogens (tertiary/aromatic N) is 1. The molecule has 2 rings (SSSR count). The zero-order valence-electron chi connectivity index (χ0n) is 12.1. The Kier molecular flexibility index (Phi) is 5.03. The third-order valence-electron chi connectivity index (χ3n) is 5.10. The summed E-state index contributed by atoms with van der Waals surface area (Å²) in [6.07, 6.45) is 10.9. The first-order chi connectivity index (χ1) is 9.19. The summed E-state index contributed by atoms with van der Waals surface area (Å²) >= 11 is 0. The number of carbonyl (C=O) groups excluding carboxylic acids is 1. The Morgan fingerprint density at radius 1 is 1.26 bits per heavy atom. The molecule has 1 aliphatic heterocycles. The maximum atomic E-state index is 12.5. The van der Waals surface area contributed by atoms with Gasteiger partial charge in [0, 0.05) is 19.5 Å². The minimum absolute atomic E-state index is 0.102. The topological polar surface area (TPSA) is 46.3 Å². The van der Waals surface area contributed by atoms with E-state index in [1.54, 1.807) is 0 Å². The van der Waals surface area contributed by atoms with E-state index in [2.05, 4.69) is 6.58 Å². The van der Waals surface area contributed by atoms with Gasteiger partial charge in [0.2, 0.25) is 5.91 Å². The lowest BCUT2D eigenvalue weighted by atomic mass is 9.71. The fourth-order valence-corrected chi connectivity index (χ4v) is 3.57. The predicted molar refractivity (Wildman–Crippen MR) is 78.7 cm³/mol. The lowest BCUT2D eigenvalue weighted by Gasteiger charge is -2.38. The monoisotopic (exact) mass is 264 g/mol. The fraction of sp³-hybridized carbons (Fsp3) is 0.812. The standard InChI is InChI=1S/C16H28N2O/c1-2-14-6-10-18(11-7-14)15(19)12-16(13-17)8-4-3-5-9-16/h2,14H,1,3-13,17H2. The van der Waals surface area contributed by atoms with Crippen molar-refractivity contribution in [1.29, 1.82) is 0 Å². The van der Waals surface area contributed by atoms with E-state index in [0.717, 1.165) is 38.8 Å². The van der Waals surface area contributed by atoms with Crippen molar-refractivity contribution >= 4 is 5.91 Å². The van der Waals surface area contributed by atoms with E-state index in [4.69, 9.17) is 5.73 Å². The first kappa shape index (κ1) is 14.6. The summed E-state index contributed by atoms with van der Waals surface area (Å²) in [5.41, 5.74) is 6.08. The number of piperidine rings is 1. The number of carbonyl (C=O) groups is 1. The Hall–Kier alpha value is -0.830. The summed E-state index contributed by atoms with van der Waals surface area (Å²) in [7, 11) is 0. The minimum Gasteiger partial charge on any atom is -0.343 e. The van der Waals surface area contributed by atoms with Gasteiger partial charge in [-0.3, -0.25) is 4.79 Å². The number of amides is 1. The Labute approximate surface area is 117 Å². The summed E-state index contributed by atoms with van der Waals surface area (Å²) in [5, 5.41) is 0. The Morgan fingerprint density at radius 3 is 2.42 bits per heavy atom. The van der Waals surface area contributed by atoms with Crippen LogP contribution in [0.1, 0.15) is 51.4 Å². The van der Waals surface area contributed by atoms with Crippen LogP contribution >= 0.6 is 0 Å². The highest BCUT2D eigenvalue weighted by atomic mass is 16.2. The van der Waals surface area contributed by atoms with Crippen LogP contribution in [0.3, 0.4) is 0 Å². The highest BCUT2D eigenvalue weighted by Gasteiger charge is 2.35. The Balaban J connectivity index is 1.87.